The molecule has 2 aromatic heterocycles. The molecule has 0 bridgehead atoms. The van der Waals surface area contributed by atoms with Gasteiger partial charge in [0.05, 0.1) is 0 Å². The van der Waals surface area contributed by atoms with Crippen molar-refractivity contribution in [3.05, 3.63) is 16.2 Å². The monoisotopic (exact) mass is 175 g/mol. The average molecular weight is 175 g/mol. The second-order valence-corrected chi connectivity index (χ2v) is 2.38. The van der Waals surface area contributed by atoms with E-state index < -0.39 is 5.56 Å². The smallest absolute Gasteiger partial charge is 0.280 e. The molecule has 0 aromatic carbocycles. The molecule has 4 N–H and O–H groups in total. The van der Waals surface area contributed by atoms with Crippen LogP contribution in [0.25, 0.3) is 11.2 Å². The van der Waals surface area contributed by atoms with Gasteiger partial charge in [-0.15, -0.1) is 6.42 Å². The van der Waals surface area contributed by atoms with E-state index in [1.807, 2.05) is 0 Å². The van der Waals surface area contributed by atoms with Gasteiger partial charge in [-0.2, -0.15) is 4.98 Å². The van der Waals surface area contributed by atoms with E-state index in [0.717, 1.165) is 0 Å². The number of H-pyrrole nitrogens is 2. The SMILES string of the molecule is C#Cc1nc2c(=O)[nH]c(N)nc2[nH]1. The fraction of sp³-hybridized carbons (Fsp3) is 0. The number of hydrogen-bond acceptors (Lipinski definition) is 4. The first-order valence-corrected chi connectivity index (χ1v) is 3.43. The zero-order valence-electron chi connectivity index (χ0n) is 6.46. The number of aromatic nitrogens is 4. The lowest BCUT2D eigenvalue weighted by Crippen LogP contribution is -2.10. The number of hydrogen-bond donors (Lipinski definition) is 3. The number of rotatable bonds is 0. The normalized spacial score (nSPS) is 10.1. The number of anilines is 1. The van der Waals surface area contributed by atoms with Crippen LogP contribution in [0.1, 0.15) is 5.82 Å². The fourth-order valence-corrected chi connectivity index (χ4v) is 0.996. The second kappa shape index (κ2) is 2.35. The highest BCUT2D eigenvalue weighted by atomic mass is 16.1. The minimum Gasteiger partial charge on any atom is -0.369 e. The first-order valence-electron chi connectivity index (χ1n) is 3.43. The number of nitrogens with one attached hydrogen (secondary N) is 2. The molecule has 0 amide bonds. The number of terminal acetylenes is 1. The van der Waals surface area contributed by atoms with E-state index in [0.29, 0.717) is 5.65 Å². The summed E-state index contributed by atoms with van der Waals surface area (Å²) in [5.41, 5.74) is 5.38. The van der Waals surface area contributed by atoms with E-state index >= 15 is 0 Å². The maximum Gasteiger partial charge on any atom is 0.280 e. The van der Waals surface area contributed by atoms with Crippen molar-refractivity contribution in [1.82, 2.24) is 19.9 Å². The highest BCUT2D eigenvalue weighted by Gasteiger charge is 2.06. The Morgan fingerprint density at radius 3 is 2.85 bits per heavy atom. The summed E-state index contributed by atoms with van der Waals surface area (Å²) >= 11 is 0. The standard InChI is InChI=1S/C7H5N5O/c1-2-3-9-4-5(10-3)11-7(8)12-6(4)13/h1H,(H4,8,9,10,11,12,13). The van der Waals surface area contributed by atoms with Crippen molar-refractivity contribution in [3.8, 4) is 12.3 Å². The molecule has 6 heteroatoms. The Bertz CT molecular complexity index is 558. The summed E-state index contributed by atoms with van der Waals surface area (Å²) in [4.78, 5) is 23.8. The van der Waals surface area contributed by atoms with Crippen molar-refractivity contribution in [2.45, 2.75) is 0 Å². The van der Waals surface area contributed by atoms with Gasteiger partial charge in [0.15, 0.2) is 17.0 Å². The Balaban J connectivity index is 2.93. The van der Waals surface area contributed by atoms with Crippen LogP contribution < -0.4 is 11.3 Å². The Morgan fingerprint density at radius 1 is 1.38 bits per heavy atom. The van der Waals surface area contributed by atoms with Crippen molar-refractivity contribution < 1.29 is 0 Å². The Kier molecular flexibility index (Phi) is 1.33. The number of imidazole rings is 1. The van der Waals surface area contributed by atoms with Gasteiger partial charge in [-0.05, 0) is 5.92 Å². The van der Waals surface area contributed by atoms with Crippen LogP contribution >= 0.6 is 0 Å². The van der Waals surface area contributed by atoms with Gasteiger partial charge in [0.1, 0.15) is 0 Å². The molecule has 0 radical (unpaired) electrons. The fourth-order valence-electron chi connectivity index (χ4n) is 0.996. The predicted octanol–water partition coefficient (Wildman–Crippen LogP) is -0.790. The summed E-state index contributed by atoms with van der Waals surface area (Å²) < 4.78 is 0. The molecule has 0 unspecified atom stereocenters. The molecule has 0 saturated carbocycles. The second-order valence-electron chi connectivity index (χ2n) is 2.38. The summed E-state index contributed by atoms with van der Waals surface area (Å²) in [6.45, 7) is 0. The summed E-state index contributed by atoms with van der Waals surface area (Å²) in [6.07, 6.45) is 5.09. The van der Waals surface area contributed by atoms with Crippen molar-refractivity contribution in [1.29, 1.82) is 0 Å². The van der Waals surface area contributed by atoms with E-state index in [1.165, 1.54) is 0 Å². The first-order chi connectivity index (χ1) is 6.20. The summed E-state index contributed by atoms with van der Waals surface area (Å²) in [6, 6.07) is 0. The first kappa shape index (κ1) is 7.36. The van der Waals surface area contributed by atoms with Crippen LogP contribution in [0.3, 0.4) is 0 Å². The molecule has 2 heterocycles. The third kappa shape index (κ3) is 1.03. The van der Waals surface area contributed by atoms with E-state index in [2.05, 4.69) is 25.9 Å². The quantitative estimate of drug-likeness (QED) is 0.457. The summed E-state index contributed by atoms with van der Waals surface area (Å²) in [7, 11) is 0. The van der Waals surface area contributed by atoms with Crippen LogP contribution in [-0.2, 0) is 0 Å². The van der Waals surface area contributed by atoms with Gasteiger partial charge >= 0.3 is 0 Å². The van der Waals surface area contributed by atoms with Crippen LogP contribution in [0.2, 0.25) is 0 Å². The number of fused-ring (bicyclic) bond motifs is 1. The minimum absolute atomic E-state index is 0.0321. The molecule has 13 heavy (non-hydrogen) atoms. The number of nitrogens with two attached hydrogens (primary N) is 1. The molecular weight excluding hydrogens is 170 g/mol. The van der Waals surface area contributed by atoms with Crippen molar-refractivity contribution in [3.63, 3.8) is 0 Å². The molecule has 0 aliphatic rings. The zero-order valence-corrected chi connectivity index (χ0v) is 6.46. The van der Waals surface area contributed by atoms with Crippen LogP contribution in [-0.4, -0.2) is 19.9 Å². The van der Waals surface area contributed by atoms with E-state index in [9.17, 15) is 4.79 Å². The van der Waals surface area contributed by atoms with E-state index in [4.69, 9.17) is 12.2 Å². The maximum absolute atomic E-state index is 11.2. The maximum atomic E-state index is 11.2. The Labute approximate surface area is 72.2 Å². The highest BCUT2D eigenvalue weighted by Crippen LogP contribution is 2.02. The Hall–Kier alpha value is -2.29. The molecule has 6 nitrogen and oxygen atoms in total. The van der Waals surface area contributed by atoms with Gasteiger partial charge in [0, 0.05) is 0 Å². The lowest BCUT2D eigenvalue weighted by atomic mass is 10.5. The molecule has 0 saturated heterocycles. The number of aromatic amines is 2. The van der Waals surface area contributed by atoms with Crippen molar-refractivity contribution in [2.24, 2.45) is 0 Å². The third-order valence-corrected chi connectivity index (χ3v) is 1.51. The van der Waals surface area contributed by atoms with Gasteiger partial charge in [0.2, 0.25) is 5.95 Å². The topological polar surface area (TPSA) is 100 Å². The van der Waals surface area contributed by atoms with E-state index in [1.54, 1.807) is 0 Å². The van der Waals surface area contributed by atoms with Crippen LogP contribution in [0.15, 0.2) is 4.79 Å². The lowest BCUT2D eigenvalue weighted by molar-refractivity contribution is 1.17. The highest BCUT2D eigenvalue weighted by molar-refractivity contribution is 5.71. The van der Waals surface area contributed by atoms with Gasteiger partial charge in [-0.1, -0.05) is 0 Å². The molecule has 0 spiro atoms. The van der Waals surface area contributed by atoms with Gasteiger partial charge in [-0.25, -0.2) is 4.98 Å². The third-order valence-electron chi connectivity index (χ3n) is 1.51. The van der Waals surface area contributed by atoms with Crippen LogP contribution in [0.5, 0.6) is 0 Å². The predicted molar refractivity (Wildman–Crippen MR) is 46.9 cm³/mol. The van der Waals surface area contributed by atoms with Gasteiger partial charge < -0.3 is 10.7 Å². The molecule has 0 fully saturated rings. The minimum atomic E-state index is -0.403. The molecular formula is C7H5N5O. The molecule has 0 aliphatic carbocycles. The van der Waals surface area contributed by atoms with Crippen molar-refractivity contribution in [2.75, 3.05) is 5.73 Å². The Morgan fingerprint density at radius 2 is 2.15 bits per heavy atom. The van der Waals surface area contributed by atoms with Crippen molar-refractivity contribution >= 4 is 17.1 Å². The van der Waals surface area contributed by atoms with E-state index in [-0.39, 0.29) is 17.3 Å². The van der Waals surface area contributed by atoms with Gasteiger partial charge in [-0.3, -0.25) is 9.78 Å². The largest absolute Gasteiger partial charge is 0.369 e. The lowest BCUT2D eigenvalue weighted by Gasteiger charge is -1.89. The van der Waals surface area contributed by atoms with Crippen LogP contribution in [0.4, 0.5) is 5.95 Å². The number of nitrogen functional groups attached to an aromatic ring is 1. The van der Waals surface area contributed by atoms with Crippen LogP contribution in [0, 0.1) is 12.3 Å². The molecule has 0 aliphatic heterocycles. The zero-order chi connectivity index (χ0) is 9.42. The number of nitrogens with zero attached hydrogens (tertiary/aromatic N) is 2. The molecule has 0 atom stereocenters. The molecule has 2 aromatic rings. The molecule has 64 valence electrons. The van der Waals surface area contributed by atoms with Gasteiger partial charge in [0.25, 0.3) is 5.56 Å². The average Bonchev–Trinajstić information content (AvgIpc) is 2.47. The summed E-state index contributed by atoms with van der Waals surface area (Å²) in [5.74, 6) is 2.56. The summed E-state index contributed by atoms with van der Waals surface area (Å²) in [5, 5.41) is 0. The molecule has 2 rings (SSSR count).